The average Bonchev–Trinajstić information content (AvgIpc) is 2.95. The molecule has 2 rings (SSSR count). The molecule has 1 aromatic carbocycles. The number of nitrogens with zero attached hydrogens (tertiary/aromatic N) is 1. The third kappa shape index (κ3) is 5.14. The summed E-state index contributed by atoms with van der Waals surface area (Å²) in [6.07, 6.45) is 0.755. The third-order valence-corrected chi connectivity index (χ3v) is 3.09. The summed E-state index contributed by atoms with van der Waals surface area (Å²) < 4.78 is 36.7. The summed E-state index contributed by atoms with van der Waals surface area (Å²) in [5.41, 5.74) is 0.480. The van der Waals surface area contributed by atoms with Gasteiger partial charge in [-0.3, -0.25) is 4.79 Å². The van der Waals surface area contributed by atoms with Crippen molar-refractivity contribution in [2.45, 2.75) is 19.8 Å². The maximum Gasteiger partial charge on any atom is 0.226 e. The number of nitrogens with one attached hydrogen (secondary N) is 1. The van der Waals surface area contributed by atoms with Crippen LogP contribution in [-0.4, -0.2) is 30.8 Å². The fourth-order valence-corrected chi connectivity index (χ4v) is 1.98. The second-order valence-electron chi connectivity index (χ2n) is 4.88. The molecule has 0 atom stereocenters. The minimum Gasteiger partial charge on any atom is -0.382 e. The first-order valence-corrected chi connectivity index (χ1v) is 7.35. The van der Waals surface area contributed by atoms with Crippen LogP contribution in [0.5, 0.6) is 0 Å². The van der Waals surface area contributed by atoms with Gasteiger partial charge in [0.2, 0.25) is 5.91 Å². The summed E-state index contributed by atoms with van der Waals surface area (Å²) in [4.78, 5) is 11.7. The van der Waals surface area contributed by atoms with Gasteiger partial charge in [-0.25, -0.2) is 8.78 Å². The zero-order valence-corrected chi connectivity index (χ0v) is 12.8. The van der Waals surface area contributed by atoms with E-state index in [1.54, 1.807) is 0 Å². The monoisotopic (exact) mass is 324 g/mol. The van der Waals surface area contributed by atoms with Gasteiger partial charge in [0.15, 0.2) is 5.76 Å². The van der Waals surface area contributed by atoms with Crippen molar-refractivity contribution in [2.24, 2.45) is 0 Å². The molecule has 0 aliphatic carbocycles. The highest BCUT2D eigenvalue weighted by atomic mass is 19.1. The molecule has 0 aliphatic rings. The molecular formula is C16H18F2N2O3. The summed E-state index contributed by atoms with van der Waals surface area (Å²) in [5, 5.41) is 6.47. The molecule has 23 heavy (non-hydrogen) atoms. The van der Waals surface area contributed by atoms with Gasteiger partial charge in [0, 0.05) is 31.9 Å². The predicted octanol–water partition coefficient (Wildman–Crippen LogP) is 2.71. The molecule has 1 amide bonds. The van der Waals surface area contributed by atoms with Crippen molar-refractivity contribution >= 4 is 5.91 Å². The molecule has 0 aliphatic heterocycles. The molecule has 0 radical (unpaired) electrons. The zero-order valence-electron chi connectivity index (χ0n) is 12.8. The number of carbonyl (C=O) groups excluding carboxylic acids is 1. The number of aromatic nitrogens is 1. The van der Waals surface area contributed by atoms with E-state index in [0.717, 1.165) is 18.6 Å². The van der Waals surface area contributed by atoms with E-state index in [4.69, 9.17) is 9.26 Å². The molecule has 1 aromatic heterocycles. The van der Waals surface area contributed by atoms with Gasteiger partial charge in [-0.05, 0) is 25.5 Å². The van der Waals surface area contributed by atoms with Crippen molar-refractivity contribution in [3.8, 4) is 11.3 Å². The highest BCUT2D eigenvalue weighted by molar-refractivity contribution is 5.78. The van der Waals surface area contributed by atoms with Gasteiger partial charge in [-0.1, -0.05) is 5.16 Å². The molecule has 0 bridgehead atoms. The zero-order chi connectivity index (χ0) is 16.7. The highest BCUT2D eigenvalue weighted by Crippen LogP contribution is 2.24. The minimum atomic E-state index is -0.743. The lowest BCUT2D eigenvalue weighted by atomic mass is 10.1. The number of benzene rings is 1. The van der Waals surface area contributed by atoms with Gasteiger partial charge >= 0.3 is 0 Å². The van der Waals surface area contributed by atoms with Crippen LogP contribution in [0, 0.1) is 11.6 Å². The number of ether oxygens (including phenoxy) is 1. The Hall–Kier alpha value is -2.28. The van der Waals surface area contributed by atoms with E-state index in [-0.39, 0.29) is 23.7 Å². The molecule has 0 fully saturated rings. The molecule has 0 saturated carbocycles. The van der Waals surface area contributed by atoms with Gasteiger partial charge in [-0.15, -0.1) is 0 Å². The van der Waals surface area contributed by atoms with Crippen molar-refractivity contribution in [3.63, 3.8) is 0 Å². The Morgan fingerprint density at radius 1 is 1.35 bits per heavy atom. The molecule has 7 heteroatoms. The normalized spacial score (nSPS) is 10.7. The van der Waals surface area contributed by atoms with E-state index in [1.807, 2.05) is 6.92 Å². The Labute approximate surface area is 132 Å². The summed E-state index contributed by atoms with van der Waals surface area (Å²) in [5.74, 6) is -1.46. The topological polar surface area (TPSA) is 64.4 Å². The maximum absolute atomic E-state index is 13.7. The first kappa shape index (κ1) is 17.1. The number of carbonyl (C=O) groups is 1. The second-order valence-corrected chi connectivity index (χ2v) is 4.88. The van der Waals surface area contributed by atoms with Crippen molar-refractivity contribution in [1.82, 2.24) is 10.5 Å². The van der Waals surface area contributed by atoms with Crippen molar-refractivity contribution in [1.29, 1.82) is 0 Å². The lowest BCUT2D eigenvalue weighted by Gasteiger charge is -2.03. The Morgan fingerprint density at radius 2 is 2.17 bits per heavy atom. The smallest absolute Gasteiger partial charge is 0.226 e. The van der Waals surface area contributed by atoms with Gasteiger partial charge < -0.3 is 14.6 Å². The lowest BCUT2D eigenvalue weighted by molar-refractivity contribution is -0.120. The average molecular weight is 324 g/mol. The molecule has 1 heterocycles. The lowest BCUT2D eigenvalue weighted by Crippen LogP contribution is -2.26. The van der Waals surface area contributed by atoms with Crippen molar-refractivity contribution in [2.75, 3.05) is 19.8 Å². The van der Waals surface area contributed by atoms with Crippen LogP contribution in [0.15, 0.2) is 28.8 Å². The van der Waals surface area contributed by atoms with Crippen LogP contribution in [-0.2, 0) is 16.0 Å². The van der Waals surface area contributed by atoms with Crippen molar-refractivity contribution < 1.29 is 22.8 Å². The summed E-state index contributed by atoms with van der Waals surface area (Å²) in [7, 11) is 0. The number of rotatable bonds is 8. The largest absolute Gasteiger partial charge is 0.382 e. The van der Waals surface area contributed by atoms with Gasteiger partial charge in [0.05, 0.1) is 17.7 Å². The molecule has 1 N–H and O–H groups in total. The van der Waals surface area contributed by atoms with E-state index in [0.29, 0.717) is 25.5 Å². The molecule has 0 spiro atoms. The Morgan fingerprint density at radius 3 is 2.91 bits per heavy atom. The fourth-order valence-electron chi connectivity index (χ4n) is 1.98. The third-order valence-electron chi connectivity index (χ3n) is 3.09. The van der Waals surface area contributed by atoms with Gasteiger partial charge in [0.25, 0.3) is 0 Å². The number of halogens is 2. The standard InChI is InChI=1S/C16H18F2N2O3/c1-2-22-7-3-6-19-16(21)10-12-9-15(23-20-12)13-5-4-11(17)8-14(13)18/h4-5,8-9H,2-3,6-7,10H2,1H3,(H,19,21). The quantitative estimate of drug-likeness (QED) is 0.758. The molecule has 2 aromatic rings. The minimum absolute atomic E-state index is 0.0287. The fraction of sp³-hybridized carbons (Fsp3) is 0.375. The van der Waals surface area contributed by atoms with Crippen molar-refractivity contribution in [3.05, 3.63) is 41.6 Å². The van der Waals surface area contributed by atoms with Crippen LogP contribution in [0.2, 0.25) is 0 Å². The summed E-state index contributed by atoms with van der Waals surface area (Å²) >= 11 is 0. The van der Waals surface area contributed by atoms with Crippen LogP contribution < -0.4 is 5.32 Å². The van der Waals surface area contributed by atoms with E-state index in [2.05, 4.69) is 10.5 Å². The van der Waals surface area contributed by atoms with E-state index < -0.39 is 11.6 Å². The summed E-state index contributed by atoms with van der Waals surface area (Å²) in [6.45, 7) is 3.66. The SMILES string of the molecule is CCOCCCNC(=O)Cc1cc(-c2ccc(F)cc2F)on1. The number of amides is 1. The van der Waals surface area contributed by atoms with Crippen LogP contribution in [0.25, 0.3) is 11.3 Å². The second kappa shape index (κ2) is 8.38. The van der Waals surface area contributed by atoms with Gasteiger partial charge in [0.1, 0.15) is 11.6 Å². The van der Waals surface area contributed by atoms with Crippen LogP contribution in [0.1, 0.15) is 19.0 Å². The highest BCUT2D eigenvalue weighted by Gasteiger charge is 2.14. The van der Waals surface area contributed by atoms with E-state index in [1.165, 1.54) is 12.1 Å². The van der Waals surface area contributed by atoms with E-state index in [9.17, 15) is 13.6 Å². The van der Waals surface area contributed by atoms with Gasteiger partial charge in [-0.2, -0.15) is 0 Å². The first-order valence-electron chi connectivity index (χ1n) is 7.35. The molecular weight excluding hydrogens is 306 g/mol. The number of hydrogen-bond acceptors (Lipinski definition) is 4. The summed E-state index contributed by atoms with van der Waals surface area (Å²) in [6, 6.07) is 4.63. The van der Waals surface area contributed by atoms with E-state index >= 15 is 0 Å². The molecule has 5 nitrogen and oxygen atoms in total. The Balaban J connectivity index is 1.88. The first-order chi connectivity index (χ1) is 11.1. The predicted molar refractivity (Wildman–Crippen MR) is 79.7 cm³/mol. The van der Waals surface area contributed by atoms with Crippen LogP contribution in [0.3, 0.4) is 0 Å². The molecule has 0 saturated heterocycles. The molecule has 0 unspecified atom stereocenters. The number of hydrogen-bond donors (Lipinski definition) is 1. The van der Waals surface area contributed by atoms with Crippen LogP contribution in [0.4, 0.5) is 8.78 Å². The maximum atomic E-state index is 13.7. The molecule has 124 valence electrons. The Bertz CT molecular complexity index is 659. The van der Waals surface area contributed by atoms with Crippen LogP contribution >= 0.6 is 0 Å². The Kier molecular flexibility index (Phi) is 6.22.